The van der Waals surface area contributed by atoms with Gasteiger partial charge in [-0.2, -0.15) is 0 Å². The Balaban J connectivity index is 1.72. The molecule has 188 valence electrons. The first-order valence-electron chi connectivity index (χ1n) is 12.0. The van der Waals surface area contributed by atoms with E-state index in [1.807, 2.05) is 23.1 Å². The molecule has 0 atom stereocenters. The molecule has 0 aliphatic carbocycles. The van der Waals surface area contributed by atoms with Crippen LogP contribution in [0.15, 0.2) is 48.5 Å². The predicted octanol–water partition coefficient (Wildman–Crippen LogP) is 5.07. The zero-order chi connectivity index (χ0) is 25.4. The number of carbonyl (C=O) groups is 2. The quantitative estimate of drug-likeness (QED) is 0.416. The highest BCUT2D eigenvalue weighted by Crippen LogP contribution is 2.23. The van der Waals surface area contributed by atoms with Gasteiger partial charge >= 0.3 is 6.09 Å². The summed E-state index contributed by atoms with van der Waals surface area (Å²) < 4.78 is 5.59. The topological polar surface area (TPSA) is 105 Å². The molecular weight excluding hydrogens is 448 g/mol. The second-order valence-corrected chi connectivity index (χ2v) is 9.66. The van der Waals surface area contributed by atoms with E-state index in [9.17, 15) is 19.7 Å². The first kappa shape index (κ1) is 26.0. The van der Waals surface area contributed by atoms with E-state index in [1.54, 1.807) is 45.0 Å². The number of rotatable bonds is 8. The van der Waals surface area contributed by atoms with Crippen LogP contribution in [0.2, 0.25) is 0 Å². The van der Waals surface area contributed by atoms with Crippen LogP contribution < -0.4 is 5.32 Å². The number of anilines is 1. The van der Waals surface area contributed by atoms with E-state index in [2.05, 4.69) is 5.32 Å². The van der Waals surface area contributed by atoms with Crippen molar-refractivity contribution in [2.45, 2.75) is 52.2 Å². The summed E-state index contributed by atoms with van der Waals surface area (Å²) in [6, 6.07) is 13.7. The molecule has 1 aliphatic heterocycles. The van der Waals surface area contributed by atoms with Crippen molar-refractivity contribution in [1.82, 2.24) is 9.80 Å². The van der Waals surface area contributed by atoms with Crippen LogP contribution in [0.25, 0.3) is 0 Å². The summed E-state index contributed by atoms with van der Waals surface area (Å²) in [5.74, 6) is 0.00780. The smallest absolute Gasteiger partial charge is 0.410 e. The summed E-state index contributed by atoms with van der Waals surface area (Å²) in [6.07, 6.45) is 2.69. The SMILES string of the molecule is CC(C)(C)OC(=O)N(CCNc1ccccc1[N+](=O)[O-])Cc1cccc(C(=O)N2CCCCC2)c1. The van der Waals surface area contributed by atoms with Crippen molar-refractivity contribution in [3.05, 3.63) is 69.8 Å². The molecule has 1 N–H and O–H groups in total. The van der Waals surface area contributed by atoms with E-state index in [1.165, 1.54) is 11.0 Å². The minimum atomic E-state index is -0.674. The zero-order valence-electron chi connectivity index (χ0n) is 20.7. The summed E-state index contributed by atoms with van der Waals surface area (Å²) in [6.45, 7) is 7.72. The van der Waals surface area contributed by atoms with Gasteiger partial charge in [-0.1, -0.05) is 24.3 Å². The van der Waals surface area contributed by atoms with Gasteiger partial charge in [0.1, 0.15) is 11.3 Å². The van der Waals surface area contributed by atoms with Crippen molar-refractivity contribution in [3.8, 4) is 0 Å². The maximum Gasteiger partial charge on any atom is 0.410 e. The van der Waals surface area contributed by atoms with Gasteiger partial charge in [-0.05, 0) is 63.8 Å². The van der Waals surface area contributed by atoms with Crippen LogP contribution in [-0.4, -0.2) is 58.5 Å². The van der Waals surface area contributed by atoms with Gasteiger partial charge in [-0.3, -0.25) is 14.9 Å². The lowest BCUT2D eigenvalue weighted by atomic mass is 10.1. The number of nitrogens with one attached hydrogen (secondary N) is 1. The standard InChI is InChI=1S/C26H34N4O5/c1-26(2,3)35-25(32)29(17-14-27-22-12-5-6-13-23(22)30(33)34)19-20-10-9-11-21(18-20)24(31)28-15-7-4-8-16-28/h5-6,9-13,18,27H,4,7-8,14-17,19H2,1-3H3. The first-order valence-corrected chi connectivity index (χ1v) is 12.0. The van der Waals surface area contributed by atoms with E-state index in [-0.39, 0.29) is 31.2 Å². The molecule has 2 amide bonds. The third-order valence-corrected chi connectivity index (χ3v) is 5.64. The fourth-order valence-electron chi connectivity index (χ4n) is 3.97. The van der Waals surface area contributed by atoms with Crippen LogP contribution in [0, 0.1) is 10.1 Å². The van der Waals surface area contributed by atoms with E-state index in [4.69, 9.17) is 4.74 Å². The molecule has 1 aliphatic rings. The number of piperidine rings is 1. The van der Waals surface area contributed by atoms with E-state index >= 15 is 0 Å². The molecule has 3 rings (SSSR count). The molecule has 0 unspecified atom stereocenters. The maximum absolute atomic E-state index is 12.9. The lowest BCUT2D eigenvalue weighted by Gasteiger charge is -2.28. The molecule has 0 spiro atoms. The number of nitro groups is 1. The fourth-order valence-corrected chi connectivity index (χ4v) is 3.97. The largest absolute Gasteiger partial charge is 0.444 e. The first-order chi connectivity index (χ1) is 16.6. The zero-order valence-corrected chi connectivity index (χ0v) is 20.7. The van der Waals surface area contributed by atoms with E-state index in [0.29, 0.717) is 11.3 Å². The summed E-state index contributed by atoms with van der Waals surface area (Å²) >= 11 is 0. The van der Waals surface area contributed by atoms with Gasteiger partial charge in [-0.25, -0.2) is 4.79 Å². The average molecular weight is 483 g/mol. The van der Waals surface area contributed by atoms with E-state index in [0.717, 1.165) is 37.9 Å². The number of nitrogens with zero attached hydrogens (tertiary/aromatic N) is 3. The number of para-hydroxylation sites is 2. The van der Waals surface area contributed by atoms with E-state index < -0.39 is 16.6 Å². The third-order valence-electron chi connectivity index (χ3n) is 5.64. The Kier molecular flexibility index (Phi) is 8.68. The van der Waals surface area contributed by atoms with Gasteiger partial charge in [0.15, 0.2) is 0 Å². The molecule has 1 saturated heterocycles. The molecule has 9 nitrogen and oxygen atoms in total. The second kappa shape index (κ2) is 11.7. The molecular formula is C26H34N4O5. The Bertz CT molecular complexity index is 1040. The molecule has 2 aromatic carbocycles. The van der Waals surface area contributed by atoms with Crippen LogP contribution >= 0.6 is 0 Å². The average Bonchev–Trinajstić information content (AvgIpc) is 2.83. The van der Waals surface area contributed by atoms with Gasteiger partial charge in [0.2, 0.25) is 0 Å². The molecule has 0 aromatic heterocycles. The van der Waals surface area contributed by atoms with Crippen molar-refractivity contribution in [1.29, 1.82) is 0 Å². The normalized spacial score (nSPS) is 13.7. The Labute approximate surface area is 206 Å². The molecule has 0 bridgehead atoms. The lowest BCUT2D eigenvalue weighted by Crippen LogP contribution is -2.39. The number of carbonyl (C=O) groups excluding carboxylic acids is 2. The summed E-state index contributed by atoms with van der Waals surface area (Å²) in [7, 11) is 0. The van der Waals surface area contributed by atoms with Crippen LogP contribution in [-0.2, 0) is 11.3 Å². The van der Waals surface area contributed by atoms with Crippen molar-refractivity contribution in [2.75, 3.05) is 31.5 Å². The fraction of sp³-hybridized carbons (Fsp3) is 0.462. The van der Waals surface area contributed by atoms with Gasteiger partial charge in [0, 0.05) is 44.4 Å². The number of hydrogen-bond donors (Lipinski definition) is 1. The number of ether oxygens (including phenoxy) is 1. The minimum Gasteiger partial charge on any atom is -0.444 e. The van der Waals surface area contributed by atoms with Gasteiger partial charge in [0.05, 0.1) is 4.92 Å². The summed E-state index contributed by atoms with van der Waals surface area (Å²) in [5, 5.41) is 14.3. The highest BCUT2D eigenvalue weighted by molar-refractivity contribution is 5.94. The van der Waals surface area contributed by atoms with Crippen molar-refractivity contribution in [3.63, 3.8) is 0 Å². The Morgan fingerprint density at radius 3 is 2.49 bits per heavy atom. The van der Waals surface area contributed by atoms with Crippen LogP contribution in [0.3, 0.4) is 0 Å². The van der Waals surface area contributed by atoms with Gasteiger partial charge in [-0.15, -0.1) is 0 Å². The molecule has 1 heterocycles. The monoisotopic (exact) mass is 482 g/mol. The molecule has 0 radical (unpaired) electrons. The molecule has 0 saturated carbocycles. The summed E-state index contributed by atoms with van der Waals surface area (Å²) in [4.78, 5) is 40.1. The third kappa shape index (κ3) is 7.70. The molecule has 9 heteroatoms. The van der Waals surface area contributed by atoms with Crippen molar-refractivity contribution >= 4 is 23.4 Å². The number of likely N-dealkylation sites (tertiary alicyclic amines) is 1. The maximum atomic E-state index is 12.9. The Morgan fingerprint density at radius 1 is 1.09 bits per heavy atom. The number of benzene rings is 2. The molecule has 35 heavy (non-hydrogen) atoms. The second-order valence-electron chi connectivity index (χ2n) is 9.66. The van der Waals surface area contributed by atoms with Crippen molar-refractivity contribution in [2.24, 2.45) is 0 Å². The minimum absolute atomic E-state index is 0.00780. The predicted molar refractivity (Wildman–Crippen MR) is 134 cm³/mol. The van der Waals surface area contributed by atoms with Crippen LogP contribution in [0.1, 0.15) is 56.0 Å². The molecule has 2 aromatic rings. The highest BCUT2D eigenvalue weighted by Gasteiger charge is 2.24. The Hall–Kier alpha value is -3.62. The molecule has 1 fully saturated rings. The number of amides is 2. The van der Waals surface area contributed by atoms with Gasteiger partial charge in [0.25, 0.3) is 11.6 Å². The highest BCUT2D eigenvalue weighted by atomic mass is 16.6. The Morgan fingerprint density at radius 2 is 1.80 bits per heavy atom. The van der Waals surface area contributed by atoms with Crippen molar-refractivity contribution < 1.29 is 19.2 Å². The summed E-state index contributed by atoms with van der Waals surface area (Å²) in [5.41, 5.74) is 1.10. The van der Waals surface area contributed by atoms with Crippen LogP contribution in [0.4, 0.5) is 16.2 Å². The number of nitro benzene ring substituents is 1. The number of hydrogen-bond acceptors (Lipinski definition) is 6. The van der Waals surface area contributed by atoms with Crippen LogP contribution in [0.5, 0.6) is 0 Å². The lowest BCUT2D eigenvalue weighted by molar-refractivity contribution is -0.384. The van der Waals surface area contributed by atoms with Gasteiger partial charge < -0.3 is 19.9 Å².